The Morgan fingerprint density at radius 1 is 1.11 bits per heavy atom. The minimum atomic E-state index is -0.523. The molecule has 4 atom stereocenters. The van der Waals surface area contributed by atoms with Gasteiger partial charge in [-0.2, -0.15) is 0 Å². The van der Waals surface area contributed by atoms with Crippen LogP contribution in [0.1, 0.15) is 37.2 Å². The van der Waals surface area contributed by atoms with Gasteiger partial charge in [0.05, 0.1) is 18.3 Å². The summed E-state index contributed by atoms with van der Waals surface area (Å²) in [5.41, 5.74) is 10.1. The monoisotopic (exact) mass is 482 g/mol. The highest BCUT2D eigenvalue weighted by Gasteiger charge is 2.39. The highest BCUT2D eigenvalue weighted by molar-refractivity contribution is 5.94. The van der Waals surface area contributed by atoms with Gasteiger partial charge in [0.1, 0.15) is 5.82 Å². The zero-order valence-corrected chi connectivity index (χ0v) is 20.7. The lowest BCUT2D eigenvalue weighted by Gasteiger charge is -2.41. The highest BCUT2D eigenvalue weighted by Crippen LogP contribution is 2.40. The fourth-order valence-electron chi connectivity index (χ4n) is 5.51. The molecule has 0 saturated carbocycles. The molecule has 1 aliphatic carbocycles. The number of rotatable bonds is 7. The number of aromatic nitrogens is 2. The molecule has 186 valence electrons. The second-order valence-electron chi connectivity index (χ2n) is 10.1. The Morgan fingerprint density at radius 2 is 1.83 bits per heavy atom. The topological polar surface area (TPSA) is 84.4 Å². The Labute approximate surface area is 212 Å². The summed E-state index contributed by atoms with van der Waals surface area (Å²) in [6.45, 7) is 2.95. The Kier molecular flexibility index (Phi) is 7.16. The summed E-state index contributed by atoms with van der Waals surface area (Å²) >= 11 is 0. The smallest absolute Gasteiger partial charge is 0.250 e. The summed E-state index contributed by atoms with van der Waals surface area (Å²) in [5, 5.41) is 9.77. The summed E-state index contributed by atoms with van der Waals surface area (Å²) < 4.78 is 2.19. The van der Waals surface area contributed by atoms with E-state index in [0.29, 0.717) is 12.5 Å². The van der Waals surface area contributed by atoms with Crippen molar-refractivity contribution in [3.63, 3.8) is 0 Å². The van der Waals surface area contributed by atoms with E-state index < -0.39 is 6.04 Å². The van der Waals surface area contributed by atoms with E-state index in [4.69, 9.17) is 10.7 Å². The van der Waals surface area contributed by atoms with Crippen LogP contribution < -0.4 is 5.73 Å². The first-order valence-electron chi connectivity index (χ1n) is 12.7. The molecule has 2 heterocycles. The van der Waals surface area contributed by atoms with Crippen LogP contribution in [0.2, 0.25) is 0 Å². The number of likely N-dealkylation sites (tertiary alicyclic amines) is 1. The van der Waals surface area contributed by atoms with Gasteiger partial charge in [0.25, 0.3) is 0 Å². The number of nitrogens with zero attached hydrogens (tertiary/aromatic N) is 3. The van der Waals surface area contributed by atoms with Crippen LogP contribution in [-0.2, 0) is 11.3 Å². The third-order valence-corrected chi connectivity index (χ3v) is 7.25. The number of aliphatic hydroxyl groups excluding tert-OH is 1. The van der Waals surface area contributed by atoms with Gasteiger partial charge in [-0.15, -0.1) is 0 Å². The lowest BCUT2D eigenvalue weighted by atomic mass is 9.80. The zero-order valence-electron chi connectivity index (χ0n) is 20.7. The first-order chi connectivity index (χ1) is 17.5. The van der Waals surface area contributed by atoms with Crippen molar-refractivity contribution in [2.45, 2.75) is 38.4 Å². The molecule has 1 saturated heterocycles. The molecule has 1 fully saturated rings. The number of benzene rings is 2. The van der Waals surface area contributed by atoms with Crippen LogP contribution in [0.5, 0.6) is 0 Å². The first-order valence-corrected chi connectivity index (χ1v) is 12.7. The van der Waals surface area contributed by atoms with Crippen molar-refractivity contribution in [2.75, 3.05) is 13.2 Å². The molecule has 2 aliphatic rings. The van der Waals surface area contributed by atoms with Crippen LogP contribution in [0.15, 0.2) is 90.7 Å². The van der Waals surface area contributed by atoms with E-state index in [-0.39, 0.29) is 31.0 Å². The molecule has 2 bridgehead atoms. The lowest BCUT2D eigenvalue weighted by molar-refractivity contribution is -0.132. The summed E-state index contributed by atoms with van der Waals surface area (Å²) in [7, 11) is 0. The molecule has 3 unspecified atom stereocenters. The number of fused-ring (bicyclic) bond motifs is 2. The van der Waals surface area contributed by atoms with Crippen molar-refractivity contribution in [1.29, 1.82) is 0 Å². The quantitative estimate of drug-likeness (QED) is 0.525. The van der Waals surface area contributed by atoms with E-state index in [1.807, 2.05) is 53.5 Å². The minimum absolute atomic E-state index is 0.0136. The fourth-order valence-corrected chi connectivity index (χ4v) is 5.51. The second kappa shape index (κ2) is 10.6. The third kappa shape index (κ3) is 5.06. The minimum Gasteiger partial charge on any atom is -0.395 e. The molecule has 1 aromatic heterocycles. The van der Waals surface area contributed by atoms with Gasteiger partial charge in [-0.3, -0.25) is 4.79 Å². The van der Waals surface area contributed by atoms with E-state index >= 15 is 0 Å². The van der Waals surface area contributed by atoms with E-state index in [1.54, 1.807) is 0 Å². The highest BCUT2D eigenvalue weighted by atomic mass is 16.3. The van der Waals surface area contributed by atoms with Gasteiger partial charge in [0.2, 0.25) is 5.91 Å². The molecule has 0 spiro atoms. The van der Waals surface area contributed by atoms with Gasteiger partial charge < -0.3 is 20.3 Å². The Bertz CT molecular complexity index is 1250. The maximum absolute atomic E-state index is 13.9. The summed E-state index contributed by atoms with van der Waals surface area (Å²) in [5.74, 6) is 1.31. The molecule has 1 aliphatic heterocycles. The van der Waals surface area contributed by atoms with Gasteiger partial charge in [-0.05, 0) is 30.2 Å². The summed E-state index contributed by atoms with van der Waals surface area (Å²) in [6, 6.07) is 19.7. The number of allylic oxidation sites excluding steroid dienone is 3. The van der Waals surface area contributed by atoms with Crippen LogP contribution in [0.25, 0.3) is 11.3 Å². The fraction of sp³-hybridized carbons (Fsp3) is 0.333. The summed E-state index contributed by atoms with van der Waals surface area (Å²) in [4.78, 5) is 20.9. The molecule has 1 amide bonds. The van der Waals surface area contributed by atoms with Gasteiger partial charge in [0.15, 0.2) is 0 Å². The second-order valence-corrected chi connectivity index (χ2v) is 10.1. The molecule has 5 rings (SSSR count). The lowest BCUT2D eigenvalue weighted by Crippen LogP contribution is -2.48. The van der Waals surface area contributed by atoms with Gasteiger partial charge in [-0.1, -0.05) is 85.8 Å². The predicted octanol–water partition coefficient (Wildman–Crippen LogP) is 4.33. The number of hydrogen-bond donors (Lipinski definition) is 2. The van der Waals surface area contributed by atoms with Gasteiger partial charge in [0, 0.05) is 36.5 Å². The van der Waals surface area contributed by atoms with E-state index in [9.17, 15) is 9.90 Å². The van der Waals surface area contributed by atoms with Crippen LogP contribution in [0.4, 0.5) is 0 Å². The Hall–Kier alpha value is -3.48. The van der Waals surface area contributed by atoms with Crippen LogP contribution in [0, 0.1) is 11.8 Å². The summed E-state index contributed by atoms with van der Waals surface area (Å²) in [6.07, 6.45) is 9.92. The van der Waals surface area contributed by atoms with Crippen molar-refractivity contribution in [3.05, 3.63) is 102 Å². The van der Waals surface area contributed by atoms with E-state index in [2.05, 4.69) is 48.0 Å². The predicted molar refractivity (Wildman–Crippen MR) is 142 cm³/mol. The number of carbonyl (C=O) groups excluding carboxylic acids is 1. The molecular formula is C30H34N4O2. The normalized spacial score (nSPS) is 22.6. The first kappa shape index (κ1) is 24.2. The Balaban J connectivity index is 1.63. The zero-order chi connectivity index (χ0) is 25.1. The van der Waals surface area contributed by atoms with E-state index in [0.717, 1.165) is 35.5 Å². The van der Waals surface area contributed by atoms with Crippen molar-refractivity contribution >= 4 is 5.91 Å². The number of nitrogens with two attached hydrogens (primary N) is 1. The third-order valence-electron chi connectivity index (χ3n) is 7.25. The molecular weight excluding hydrogens is 448 g/mol. The van der Waals surface area contributed by atoms with Crippen LogP contribution >= 0.6 is 0 Å². The number of hydrogen-bond acceptors (Lipinski definition) is 4. The average molecular weight is 483 g/mol. The number of carbonyl (C=O) groups is 1. The largest absolute Gasteiger partial charge is 0.395 e. The maximum Gasteiger partial charge on any atom is 0.250 e. The Morgan fingerprint density at radius 3 is 2.56 bits per heavy atom. The van der Waals surface area contributed by atoms with Gasteiger partial charge >= 0.3 is 0 Å². The van der Waals surface area contributed by atoms with Crippen molar-refractivity contribution in [3.8, 4) is 11.3 Å². The van der Waals surface area contributed by atoms with Crippen molar-refractivity contribution in [1.82, 2.24) is 14.5 Å². The molecule has 3 aromatic rings. The van der Waals surface area contributed by atoms with E-state index in [1.165, 1.54) is 5.56 Å². The number of imidazole rings is 1. The SMILES string of the molecule is CC1CC2C=CC=C(C2)C(=O)N(CC(N)CO)[C@H]1c1nc(-c2ccccc2)cn1Cc1ccccc1. The molecule has 6 heteroatoms. The molecule has 6 nitrogen and oxygen atoms in total. The van der Waals surface area contributed by atoms with Crippen molar-refractivity contribution in [2.24, 2.45) is 17.6 Å². The average Bonchev–Trinajstić information content (AvgIpc) is 3.31. The van der Waals surface area contributed by atoms with Crippen molar-refractivity contribution < 1.29 is 9.90 Å². The maximum atomic E-state index is 13.9. The number of aliphatic hydroxyl groups is 1. The van der Waals surface area contributed by atoms with Crippen LogP contribution in [-0.4, -0.2) is 44.7 Å². The molecule has 2 aromatic carbocycles. The van der Waals surface area contributed by atoms with Crippen LogP contribution in [0.3, 0.4) is 0 Å². The molecule has 36 heavy (non-hydrogen) atoms. The van der Waals surface area contributed by atoms with Gasteiger partial charge in [-0.25, -0.2) is 4.98 Å². The molecule has 0 radical (unpaired) electrons. The standard InChI is InChI=1S/C30H34N4O2/c1-21-15-23-11-8-14-25(16-23)30(36)34(18-26(31)20-35)28(21)29-32-27(24-12-6-3-7-13-24)19-33(29)17-22-9-4-2-5-10-22/h2-14,19,21,23,26,28,35H,15-18,20,31H2,1H3/t21?,23?,26?,28-/m1/s1. The molecule has 3 N–H and O–H groups in total. The number of amides is 1.